The van der Waals surface area contributed by atoms with Gasteiger partial charge in [0.1, 0.15) is 0 Å². The third-order valence-electron chi connectivity index (χ3n) is 0.171. The molecule has 0 aromatic rings. The van der Waals surface area contributed by atoms with Crippen LogP contribution in [0.1, 0.15) is 0 Å². The molecule has 0 aromatic heterocycles. The Hall–Kier alpha value is -0.0400. The molecule has 0 unspecified atom stereocenters. The van der Waals surface area contributed by atoms with Gasteiger partial charge in [-0.3, -0.25) is 0 Å². The lowest BCUT2D eigenvalue weighted by Gasteiger charge is -1.83. The number of halogens is 1. The van der Waals surface area contributed by atoms with Gasteiger partial charge in [0.2, 0.25) is 0 Å². The summed E-state index contributed by atoms with van der Waals surface area (Å²) < 4.78 is 0.398. The minimum absolute atomic E-state index is 0.398. The summed E-state index contributed by atoms with van der Waals surface area (Å²) in [6.07, 6.45) is 0. The van der Waals surface area contributed by atoms with E-state index >= 15 is 0 Å². The molecule has 0 aromatic carbocycles. The van der Waals surface area contributed by atoms with Crippen LogP contribution in [-0.4, -0.2) is 3.84 Å². The molecule has 6 heavy (non-hydrogen) atoms. The fraction of sp³-hybridized carbons (Fsp3) is 0. The molecular formula is CH5IN4. The van der Waals surface area contributed by atoms with Crippen LogP contribution in [0.3, 0.4) is 0 Å². The van der Waals surface area contributed by atoms with Gasteiger partial charge < -0.3 is 5.73 Å². The molecule has 0 heterocycles. The lowest BCUT2D eigenvalue weighted by Crippen LogP contribution is -2.18. The zero-order valence-electron chi connectivity index (χ0n) is 2.98. The van der Waals surface area contributed by atoms with Crippen molar-refractivity contribution in [1.29, 1.82) is 0 Å². The summed E-state index contributed by atoms with van der Waals surface area (Å²) >= 11 is 1.83. The van der Waals surface area contributed by atoms with Crippen molar-refractivity contribution in [3.8, 4) is 0 Å². The summed E-state index contributed by atoms with van der Waals surface area (Å²) in [5, 5.41) is 3.33. The van der Waals surface area contributed by atoms with Crippen LogP contribution in [0, 0.1) is 0 Å². The zero-order chi connectivity index (χ0) is 4.99. The van der Waals surface area contributed by atoms with E-state index in [1.807, 2.05) is 28.1 Å². The number of nitrogens with zero attached hydrogens (tertiary/aromatic N) is 1. The molecule has 0 aliphatic heterocycles. The van der Waals surface area contributed by atoms with Crippen LogP contribution in [0.15, 0.2) is 5.10 Å². The van der Waals surface area contributed by atoms with Crippen molar-refractivity contribution in [2.24, 2.45) is 16.7 Å². The number of hydrogen-bond donors (Lipinski definition) is 3. The Morgan fingerprint density at radius 3 is 2.33 bits per heavy atom. The van der Waals surface area contributed by atoms with E-state index in [1.54, 1.807) is 0 Å². The van der Waals surface area contributed by atoms with Gasteiger partial charge in [-0.1, -0.05) is 0 Å². The van der Waals surface area contributed by atoms with Gasteiger partial charge in [-0.15, -0.1) is 5.10 Å². The number of amidine groups is 1. The zero-order valence-corrected chi connectivity index (χ0v) is 5.14. The molecule has 0 spiro atoms. The molecule has 0 atom stereocenters. The monoisotopic (exact) mass is 200 g/mol. The molecule has 36 valence electrons. The highest BCUT2D eigenvalue weighted by atomic mass is 127. The Labute approximate surface area is 49.1 Å². The number of hydrazine groups is 1. The maximum Gasteiger partial charge on any atom is 0.182 e. The Kier molecular flexibility index (Phi) is 3.14. The predicted octanol–water partition coefficient (Wildman–Crippen LogP) is -0.886. The highest BCUT2D eigenvalue weighted by Crippen LogP contribution is 1.73. The largest absolute Gasteiger partial charge is 0.377 e. The van der Waals surface area contributed by atoms with Crippen molar-refractivity contribution in [1.82, 2.24) is 5.53 Å². The van der Waals surface area contributed by atoms with Gasteiger partial charge in [0, 0.05) is 22.6 Å². The molecule has 0 radical (unpaired) electrons. The lowest BCUT2D eigenvalue weighted by atomic mass is 11.4. The minimum atomic E-state index is 0.398. The van der Waals surface area contributed by atoms with Crippen LogP contribution in [0.5, 0.6) is 0 Å². The molecule has 4 nitrogen and oxygen atoms in total. The maximum absolute atomic E-state index is 5.00. The molecule has 5 N–H and O–H groups in total. The first-order valence-corrected chi connectivity index (χ1v) is 2.29. The molecule has 0 bridgehead atoms. The molecule has 5 heteroatoms. The van der Waals surface area contributed by atoms with Gasteiger partial charge in [0.15, 0.2) is 3.84 Å². The van der Waals surface area contributed by atoms with Crippen LogP contribution in [0.25, 0.3) is 0 Å². The first kappa shape index (κ1) is 5.96. The molecular weight excluding hydrogens is 195 g/mol. The standard InChI is InChI=1S/CH5IN4/c2-1(3)5-6-4/h6H,4H2,(H2,3,5). The Bertz CT molecular complexity index is 54.6. The average molecular weight is 200 g/mol. The van der Waals surface area contributed by atoms with Gasteiger partial charge in [0.25, 0.3) is 0 Å². The Balaban J connectivity index is 3.14. The van der Waals surface area contributed by atoms with E-state index in [1.165, 1.54) is 0 Å². The topological polar surface area (TPSA) is 76.4 Å². The summed E-state index contributed by atoms with van der Waals surface area (Å²) in [5.41, 5.74) is 7.02. The van der Waals surface area contributed by atoms with E-state index in [2.05, 4.69) is 5.10 Å². The van der Waals surface area contributed by atoms with Gasteiger partial charge in [-0.2, -0.15) is 0 Å². The number of nitrogens with one attached hydrogen (secondary N) is 1. The van der Waals surface area contributed by atoms with Crippen molar-refractivity contribution in [2.45, 2.75) is 0 Å². The van der Waals surface area contributed by atoms with Crippen molar-refractivity contribution in [2.75, 3.05) is 0 Å². The summed E-state index contributed by atoms with van der Waals surface area (Å²) in [6.45, 7) is 0. The summed E-state index contributed by atoms with van der Waals surface area (Å²) in [6, 6.07) is 0. The van der Waals surface area contributed by atoms with E-state index in [0.717, 1.165) is 0 Å². The highest BCUT2D eigenvalue weighted by molar-refractivity contribution is 14.1. The third kappa shape index (κ3) is 3.96. The number of nitrogens with two attached hydrogens (primary N) is 2. The van der Waals surface area contributed by atoms with Crippen molar-refractivity contribution >= 4 is 26.4 Å². The quantitative estimate of drug-likeness (QED) is 0.128. The lowest BCUT2D eigenvalue weighted by molar-refractivity contribution is 0.808. The second kappa shape index (κ2) is 3.16. The van der Waals surface area contributed by atoms with Gasteiger partial charge in [0.05, 0.1) is 0 Å². The fourth-order valence-electron chi connectivity index (χ4n) is 0.0617. The Morgan fingerprint density at radius 2 is 2.33 bits per heavy atom. The first-order chi connectivity index (χ1) is 2.77. The van der Waals surface area contributed by atoms with Crippen LogP contribution in [0.2, 0.25) is 0 Å². The normalized spacial score (nSPS) is 11.3. The van der Waals surface area contributed by atoms with Crippen LogP contribution < -0.4 is 17.1 Å². The predicted molar refractivity (Wildman–Crippen MR) is 33.0 cm³/mol. The molecule has 0 saturated carbocycles. The van der Waals surface area contributed by atoms with Crippen LogP contribution in [0.4, 0.5) is 0 Å². The van der Waals surface area contributed by atoms with Crippen molar-refractivity contribution in [3.05, 3.63) is 0 Å². The van der Waals surface area contributed by atoms with E-state index in [9.17, 15) is 0 Å². The SMILES string of the molecule is NN/N=C(\N)I. The smallest absolute Gasteiger partial charge is 0.182 e. The van der Waals surface area contributed by atoms with E-state index < -0.39 is 0 Å². The van der Waals surface area contributed by atoms with Gasteiger partial charge >= 0.3 is 0 Å². The van der Waals surface area contributed by atoms with Crippen LogP contribution >= 0.6 is 22.6 Å². The fourth-order valence-corrected chi connectivity index (χ4v) is 0.201. The summed E-state index contributed by atoms with van der Waals surface area (Å²) in [4.78, 5) is 0. The second-order valence-electron chi connectivity index (χ2n) is 0.564. The van der Waals surface area contributed by atoms with Crippen LogP contribution in [-0.2, 0) is 0 Å². The number of hydrazone groups is 1. The molecule has 0 rings (SSSR count). The number of rotatable bonds is 1. The van der Waals surface area contributed by atoms with E-state index in [4.69, 9.17) is 11.6 Å². The van der Waals surface area contributed by atoms with Gasteiger partial charge in [-0.05, 0) is 0 Å². The highest BCUT2D eigenvalue weighted by Gasteiger charge is 1.70. The van der Waals surface area contributed by atoms with E-state index in [0.29, 0.717) is 3.84 Å². The minimum Gasteiger partial charge on any atom is -0.377 e. The van der Waals surface area contributed by atoms with Gasteiger partial charge in [-0.25, -0.2) is 11.4 Å². The maximum atomic E-state index is 5.00. The number of hydrogen-bond acceptors (Lipinski definition) is 3. The molecule has 0 aliphatic rings. The van der Waals surface area contributed by atoms with Crippen molar-refractivity contribution < 1.29 is 0 Å². The summed E-state index contributed by atoms with van der Waals surface area (Å²) in [7, 11) is 0. The molecule has 0 aliphatic carbocycles. The van der Waals surface area contributed by atoms with E-state index in [-0.39, 0.29) is 0 Å². The Morgan fingerprint density at radius 1 is 1.83 bits per heavy atom. The first-order valence-electron chi connectivity index (χ1n) is 1.21. The second-order valence-corrected chi connectivity index (χ2v) is 1.67. The molecule has 0 saturated heterocycles. The average Bonchev–Trinajstić information content (AvgIpc) is 1.35. The summed E-state index contributed by atoms with van der Waals surface area (Å²) in [5.74, 6) is 4.71. The molecule has 0 amide bonds. The molecule has 0 fully saturated rings. The third-order valence-corrected chi connectivity index (χ3v) is 0.413. The van der Waals surface area contributed by atoms with Crippen molar-refractivity contribution in [3.63, 3.8) is 0 Å².